The predicted molar refractivity (Wildman–Crippen MR) is 39.0 cm³/mol. The van der Waals surface area contributed by atoms with Gasteiger partial charge < -0.3 is 4.74 Å². The summed E-state index contributed by atoms with van der Waals surface area (Å²) in [7, 11) is 0. The van der Waals surface area contributed by atoms with Gasteiger partial charge in [0.25, 0.3) is 0 Å². The van der Waals surface area contributed by atoms with Crippen LogP contribution in [0.15, 0.2) is 11.6 Å². The van der Waals surface area contributed by atoms with Crippen LogP contribution in [0.3, 0.4) is 0 Å². The monoisotopic (exact) mass is 150 g/mol. The van der Waals surface area contributed by atoms with Crippen molar-refractivity contribution < 1.29 is 9.53 Å². The Bertz CT molecular complexity index is 244. The van der Waals surface area contributed by atoms with Crippen LogP contribution >= 0.6 is 0 Å². The van der Waals surface area contributed by atoms with E-state index in [4.69, 9.17) is 4.74 Å². The molecule has 2 nitrogen and oxygen atoms in total. The molecule has 1 heterocycles. The van der Waals surface area contributed by atoms with Gasteiger partial charge in [0.15, 0.2) is 0 Å². The lowest BCUT2D eigenvalue weighted by atomic mass is 9.94. The van der Waals surface area contributed by atoms with Gasteiger partial charge in [-0.15, -0.1) is 0 Å². The molecule has 58 valence electrons. The number of allylic oxidation sites excluding steroid dienone is 1. The molecule has 0 aromatic heterocycles. The van der Waals surface area contributed by atoms with Crippen molar-refractivity contribution in [3.05, 3.63) is 11.6 Å². The zero-order valence-corrected chi connectivity index (χ0v) is 6.19. The van der Waals surface area contributed by atoms with Crippen LogP contribution in [0.5, 0.6) is 0 Å². The molecule has 0 aromatic rings. The lowest BCUT2D eigenvalue weighted by molar-refractivity contribution is -0.105. The maximum Gasteiger partial charge on any atom is 0.146 e. The van der Waals surface area contributed by atoms with Crippen LogP contribution in [0, 0.1) is 11.8 Å². The van der Waals surface area contributed by atoms with Crippen LogP contribution in [0.1, 0.15) is 12.8 Å². The number of aldehydes is 1. The Morgan fingerprint density at radius 3 is 3.36 bits per heavy atom. The first kappa shape index (κ1) is 5.95. The molecule has 0 bridgehead atoms. The summed E-state index contributed by atoms with van der Waals surface area (Å²) in [5.74, 6) is 1.21. The molecule has 3 rings (SSSR count). The fourth-order valence-electron chi connectivity index (χ4n) is 2.63. The highest BCUT2D eigenvalue weighted by molar-refractivity contribution is 5.75. The number of ether oxygens (including phenoxy) is 1. The van der Waals surface area contributed by atoms with E-state index < -0.39 is 0 Å². The topological polar surface area (TPSA) is 29.6 Å². The SMILES string of the molecule is O=CC1=CC[C@H]2C[C@H]3O[C@H]3[C@@H]12. The first-order valence-corrected chi connectivity index (χ1v) is 4.21. The normalized spacial score (nSPS) is 51.5. The first-order chi connectivity index (χ1) is 5.40. The van der Waals surface area contributed by atoms with Crippen LogP contribution in [-0.4, -0.2) is 18.5 Å². The lowest BCUT2D eigenvalue weighted by Gasteiger charge is -2.12. The molecule has 1 aliphatic heterocycles. The van der Waals surface area contributed by atoms with Crippen LogP contribution in [0.2, 0.25) is 0 Å². The number of hydrogen-bond donors (Lipinski definition) is 0. The Morgan fingerprint density at radius 2 is 2.55 bits per heavy atom. The largest absolute Gasteiger partial charge is 0.369 e. The van der Waals surface area contributed by atoms with Gasteiger partial charge in [-0.1, -0.05) is 6.08 Å². The Balaban J connectivity index is 1.93. The van der Waals surface area contributed by atoms with Crippen molar-refractivity contribution in [2.24, 2.45) is 11.8 Å². The van der Waals surface area contributed by atoms with Crippen molar-refractivity contribution in [1.82, 2.24) is 0 Å². The van der Waals surface area contributed by atoms with Gasteiger partial charge in [-0.05, 0) is 24.3 Å². The maximum atomic E-state index is 10.6. The van der Waals surface area contributed by atoms with E-state index in [0.29, 0.717) is 18.1 Å². The molecule has 0 unspecified atom stereocenters. The van der Waals surface area contributed by atoms with Crippen molar-refractivity contribution in [3.63, 3.8) is 0 Å². The number of carbonyl (C=O) groups excluding carboxylic acids is 1. The molecule has 1 saturated carbocycles. The molecular formula is C9H10O2. The van der Waals surface area contributed by atoms with E-state index >= 15 is 0 Å². The molecule has 0 radical (unpaired) electrons. The van der Waals surface area contributed by atoms with E-state index in [0.717, 1.165) is 24.2 Å². The van der Waals surface area contributed by atoms with E-state index in [-0.39, 0.29) is 0 Å². The second-order valence-electron chi connectivity index (χ2n) is 3.72. The summed E-state index contributed by atoms with van der Waals surface area (Å²) in [5.41, 5.74) is 1.00. The zero-order valence-electron chi connectivity index (χ0n) is 6.19. The molecular weight excluding hydrogens is 140 g/mol. The van der Waals surface area contributed by atoms with E-state index in [1.54, 1.807) is 0 Å². The maximum absolute atomic E-state index is 10.6. The van der Waals surface area contributed by atoms with Crippen LogP contribution < -0.4 is 0 Å². The fourth-order valence-corrected chi connectivity index (χ4v) is 2.63. The molecule has 0 aromatic carbocycles. The van der Waals surface area contributed by atoms with E-state index in [9.17, 15) is 4.79 Å². The van der Waals surface area contributed by atoms with E-state index in [2.05, 4.69) is 6.08 Å². The second kappa shape index (κ2) is 1.75. The molecule has 11 heavy (non-hydrogen) atoms. The van der Waals surface area contributed by atoms with Crippen molar-refractivity contribution >= 4 is 6.29 Å². The summed E-state index contributed by atoms with van der Waals surface area (Å²) in [5, 5.41) is 0. The van der Waals surface area contributed by atoms with Crippen LogP contribution in [0.25, 0.3) is 0 Å². The highest BCUT2D eigenvalue weighted by Gasteiger charge is 2.57. The number of epoxide rings is 1. The number of hydrogen-bond acceptors (Lipinski definition) is 2. The molecule has 2 heteroatoms. The zero-order chi connectivity index (χ0) is 7.42. The third-order valence-electron chi connectivity index (χ3n) is 3.20. The Labute approximate surface area is 65.2 Å². The lowest BCUT2D eigenvalue weighted by Crippen LogP contribution is -2.12. The molecule has 4 atom stereocenters. The summed E-state index contributed by atoms with van der Waals surface area (Å²) in [6, 6.07) is 0. The highest BCUT2D eigenvalue weighted by Crippen LogP contribution is 2.53. The molecule has 2 aliphatic carbocycles. The smallest absolute Gasteiger partial charge is 0.146 e. The first-order valence-electron chi connectivity index (χ1n) is 4.21. The van der Waals surface area contributed by atoms with Gasteiger partial charge in [-0.3, -0.25) is 4.79 Å². The Morgan fingerprint density at radius 1 is 1.64 bits per heavy atom. The van der Waals surface area contributed by atoms with Crippen LogP contribution in [0.4, 0.5) is 0 Å². The van der Waals surface area contributed by atoms with Gasteiger partial charge in [0.1, 0.15) is 6.29 Å². The van der Waals surface area contributed by atoms with Crippen molar-refractivity contribution in [2.75, 3.05) is 0 Å². The van der Waals surface area contributed by atoms with E-state index in [1.165, 1.54) is 6.42 Å². The van der Waals surface area contributed by atoms with Gasteiger partial charge >= 0.3 is 0 Å². The van der Waals surface area contributed by atoms with Gasteiger partial charge in [-0.25, -0.2) is 0 Å². The minimum absolute atomic E-state index is 0.416. The average Bonchev–Trinajstić information content (AvgIpc) is 2.53. The van der Waals surface area contributed by atoms with Crippen LogP contribution in [-0.2, 0) is 9.53 Å². The standard InChI is InChI=1S/C9H10O2/c10-4-6-2-1-5-3-7-9(11-7)8(5)6/h2,4-5,7-9H,1,3H2/t5-,7+,8+,9+/m0/s1. The van der Waals surface area contributed by atoms with Gasteiger partial charge in [0.05, 0.1) is 12.2 Å². The van der Waals surface area contributed by atoms with E-state index in [1.807, 2.05) is 0 Å². The molecule has 0 N–H and O–H groups in total. The number of carbonyl (C=O) groups is 1. The number of rotatable bonds is 1. The summed E-state index contributed by atoms with van der Waals surface area (Å²) >= 11 is 0. The summed E-state index contributed by atoms with van der Waals surface area (Å²) in [6.07, 6.45) is 6.31. The Kier molecular flexibility index (Phi) is 0.946. The second-order valence-corrected chi connectivity index (χ2v) is 3.72. The molecule has 3 aliphatic rings. The predicted octanol–water partition coefficient (Wildman–Crippen LogP) is 0.919. The quantitative estimate of drug-likeness (QED) is 0.411. The van der Waals surface area contributed by atoms with Gasteiger partial charge in [0, 0.05) is 5.92 Å². The highest BCUT2D eigenvalue weighted by atomic mass is 16.6. The van der Waals surface area contributed by atoms with Crippen molar-refractivity contribution in [3.8, 4) is 0 Å². The average molecular weight is 150 g/mol. The molecule has 0 spiro atoms. The third kappa shape index (κ3) is 0.632. The third-order valence-corrected chi connectivity index (χ3v) is 3.20. The minimum atomic E-state index is 0.416. The summed E-state index contributed by atoms with van der Waals surface area (Å²) in [6.45, 7) is 0. The number of fused-ring (bicyclic) bond motifs is 3. The van der Waals surface area contributed by atoms with Crippen molar-refractivity contribution in [2.45, 2.75) is 25.0 Å². The van der Waals surface area contributed by atoms with Gasteiger partial charge in [0.2, 0.25) is 0 Å². The van der Waals surface area contributed by atoms with Crippen molar-refractivity contribution in [1.29, 1.82) is 0 Å². The minimum Gasteiger partial charge on any atom is -0.369 e. The fraction of sp³-hybridized carbons (Fsp3) is 0.667. The Hall–Kier alpha value is -0.630. The van der Waals surface area contributed by atoms with Gasteiger partial charge in [-0.2, -0.15) is 0 Å². The molecule has 1 saturated heterocycles. The molecule has 2 fully saturated rings. The molecule has 0 amide bonds. The summed E-state index contributed by atoms with van der Waals surface area (Å²) in [4.78, 5) is 10.6. The summed E-state index contributed by atoms with van der Waals surface area (Å²) < 4.78 is 5.40.